The molecule has 3 heterocycles. The second-order valence-corrected chi connectivity index (χ2v) is 6.05. The number of carbonyl (C=O) groups excluding carboxylic acids is 2. The van der Waals surface area contributed by atoms with Gasteiger partial charge in [0.1, 0.15) is 0 Å². The van der Waals surface area contributed by atoms with Crippen LogP contribution >= 0.6 is 0 Å². The number of likely N-dealkylation sites (tertiary alicyclic amines) is 1. The predicted molar refractivity (Wildman–Crippen MR) is 80.0 cm³/mol. The summed E-state index contributed by atoms with van der Waals surface area (Å²) in [5.41, 5.74) is 0. The Kier molecular flexibility index (Phi) is 5.27. The first kappa shape index (κ1) is 17.1. The van der Waals surface area contributed by atoms with Crippen LogP contribution in [0.2, 0.25) is 0 Å². The van der Waals surface area contributed by atoms with Crippen LogP contribution in [0.3, 0.4) is 0 Å². The van der Waals surface area contributed by atoms with Gasteiger partial charge in [0.05, 0.1) is 50.4 Å². The Morgan fingerprint density at radius 1 is 1.04 bits per heavy atom. The fraction of sp³-hybridized carbons (Fsp3) is 0.688. The van der Waals surface area contributed by atoms with Crippen LogP contribution in [0.15, 0.2) is 12.2 Å². The van der Waals surface area contributed by atoms with Gasteiger partial charge in [-0.2, -0.15) is 0 Å². The average molecular weight is 339 g/mol. The minimum absolute atomic E-state index is 0.0862. The van der Waals surface area contributed by atoms with Crippen LogP contribution in [0, 0.1) is 11.8 Å². The topological polar surface area (TPSA) is 102 Å². The maximum absolute atomic E-state index is 12.3. The lowest BCUT2D eigenvalue weighted by Crippen LogP contribution is -2.37. The molecule has 3 rings (SSSR count). The summed E-state index contributed by atoms with van der Waals surface area (Å²) in [5.74, 6) is -1.92. The zero-order chi connectivity index (χ0) is 17.1. The van der Waals surface area contributed by atoms with E-state index in [1.165, 1.54) is 4.90 Å². The van der Waals surface area contributed by atoms with E-state index in [0.29, 0.717) is 26.2 Å². The Morgan fingerprint density at radius 2 is 1.62 bits per heavy atom. The maximum Gasteiger partial charge on any atom is 0.303 e. The van der Waals surface area contributed by atoms with Crippen molar-refractivity contribution in [3.63, 3.8) is 0 Å². The van der Waals surface area contributed by atoms with Crippen molar-refractivity contribution in [1.29, 1.82) is 0 Å². The van der Waals surface area contributed by atoms with Crippen molar-refractivity contribution in [2.24, 2.45) is 11.8 Å². The first-order chi connectivity index (χ1) is 11.6. The normalized spacial score (nSPS) is 30.4. The lowest BCUT2D eigenvalue weighted by Gasteiger charge is -2.17. The van der Waals surface area contributed by atoms with E-state index in [0.717, 1.165) is 0 Å². The zero-order valence-electron chi connectivity index (χ0n) is 13.3. The molecule has 2 amide bonds. The van der Waals surface area contributed by atoms with E-state index in [2.05, 4.69) is 0 Å². The zero-order valence-corrected chi connectivity index (χ0v) is 13.3. The highest BCUT2D eigenvalue weighted by molar-refractivity contribution is 6.06. The Hall–Kier alpha value is -1.77. The lowest BCUT2D eigenvalue weighted by atomic mass is 9.85. The molecule has 132 valence electrons. The number of nitrogens with zero attached hydrogens (tertiary/aromatic N) is 1. The SMILES string of the molecule is O=C(O)CCCOCCOCCN1C(=O)C2C3C=CC(O3)C2C1=O. The molecular weight excluding hydrogens is 318 g/mol. The molecule has 0 radical (unpaired) electrons. The van der Waals surface area contributed by atoms with Crippen molar-refractivity contribution in [3.8, 4) is 0 Å². The molecule has 4 atom stereocenters. The van der Waals surface area contributed by atoms with Gasteiger partial charge in [0.15, 0.2) is 0 Å². The largest absolute Gasteiger partial charge is 0.481 e. The van der Waals surface area contributed by atoms with Crippen molar-refractivity contribution < 1.29 is 33.7 Å². The van der Waals surface area contributed by atoms with E-state index in [1.54, 1.807) is 0 Å². The minimum atomic E-state index is -0.839. The number of carboxylic acid groups (broad SMARTS) is 1. The molecule has 0 spiro atoms. The minimum Gasteiger partial charge on any atom is -0.481 e. The Balaban J connectivity index is 1.30. The molecule has 3 aliphatic heterocycles. The second-order valence-electron chi connectivity index (χ2n) is 6.05. The standard InChI is InChI=1S/C16H21NO7/c18-12(19)2-1-6-22-8-9-23-7-5-17-15(20)13-10-3-4-11(24-10)14(13)16(17)21/h3-4,10-11,13-14H,1-2,5-9H2,(H,18,19). The van der Waals surface area contributed by atoms with Gasteiger partial charge >= 0.3 is 5.97 Å². The van der Waals surface area contributed by atoms with Gasteiger partial charge < -0.3 is 19.3 Å². The van der Waals surface area contributed by atoms with Crippen LogP contribution < -0.4 is 0 Å². The Bertz CT molecular complexity index is 517. The molecule has 0 aromatic rings. The number of hydrogen-bond acceptors (Lipinski definition) is 6. The van der Waals surface area contributed by atoms with E-state index in [9.17, 15) is 14.4 Å². The third-order valence-electron chi connectivity index (χ3n) is 4.51. The average Bonchev–Trinajstić information content (AvgIpc) is 3.21. The number of imide groups is 1. The first-order valence-electron chi connectivity index (χ1n) is 8.16. The van der Waals surface area contributed by atoms with Gasteiger partial charge in [-0.15, -0.1) is 0 Å². The van der Waals surface area contributed by atoms with Crippen molar-refractivity contribution >= 4 is 17.8 Å². The third-order valence-corrected chi connectivity index (χ3v) is 4.51. The number of ether oxygens (including phenoxy) is 3. The number of rotatable bonds is 10. The quantitative estimate of drug-likeness (QED) is 0.335. The number of hydrogen-bond donors (Lipinski definition) is 1. The maximum atomic E-state index is 12.3. The fourth-order valence-electron chi connectivity index (χ4n) is 3.39. The number of carbonyl (C=O) groups is 3. The van der Waals surface area contributed by atoms with Crippen LogP contribution in [0.25, 0.3) is 0 Å². The predicted octanol–water partition coefficient (Wildman–Crippen LogP) is -0.177. The second kappa shape index (κ2) is 7.42. The third kappa shape index (κ3) is 3.35. The number of amides is 2. The number of aliphatic carboxylic acids is 1. The van der Waals surface area contributed by atoms with Crippen LogP contribution in [0.5, 0.6) is 0 Å². The molecule has 24 heavy (non-hydrogen) atoms. The highest BCUT2D eigenvalue weighted by atomic mass is 16.5. The van der Waals surface area contributed by atoms with Gasteiger partial charge in [-0.3, -0.25) is 19.3 Å². The summed E-state index contributed by atoms with van der Waals surface area (Å²) in [6, 6.07) is 0. The van der Waals surface area contributed by atoms with Crippen molar-refractivity contribution in [3.05, 3.63) is 12.2 Å². The summed E-state index contributed by atoms with van der Waals surface area (Å²) in [6.45, 7) is 1.57. The summed E-state index contributed by atoms with van der Waals surface area (Å²) >= 11 is 0. The highest BCUT2D eigenvalue weighted by Gasteiger charge is 2.60. The Morgan fingerprint density at radius 3 is 2.21 bits per heavy atom. The Labute approximate surface area is 139 Å². The number of fused-ring (bicyclic) bond motifs is 5. The molecule has 1 N–H and O–H groups in total. The molecule has 2 fully saturated rings. The summed E-state index contributed by atoms with van der Waals surface area (Å²) in [5, 5.41) is 8.48. The fourth-order valence-corrected chi connectivity index (χ4v) is 3.39. The van der Waals surface area contributed by atoms with E-state index in [1.807, 2.05) is 12.2 Å². The van der Waals surface area contributed by atoms with Crippen molar-refractivity contribution in [2.45, 2.75) is 25.0 Å². The van der Waals surface area contributed by atoms with Gasteiger partial charge in [-0.05, 0) is 6.42 Å². The van der Waals surface area contributed by atoms with Crippen molar-refractivity contribution in [1.82, 2.24) is 4.90 Å². The molecule has 8 nitrogen and oxygen atoms in total. The van der Waals surface area contributed by atoms with Gasteiger partial charge in [-0.25, -0.2) is 0 Å². The van der Waals surface area contributed by atoms with Crippen molar-refractivity contribution in [2.75, 3.05) is 33.0 Å². The first-order valence-corrected chi connectivity index (χ1v) is 8.16. The van der Waals surface area contributed by atoms with E-state index in [-0.39, 0.29) is 55.4 Å². The van der Waals surface area contributed by atoms with Gasteiger partial charge in [0, 0.05) is 13.0 Å². The highest BCUT2D eigenvalue weighted by Crippen LogP contribution is 2.44. The molecule has 0 saturated carbocycles. The molecule has 0 aromatic heterocycles. The molecule has 0 aromatic carbocycles. The van der Waals surface area contributed by atoms with E-state index in [4.69, 9.17) is 19.3 Å². The summed E-state index contributed by atoms with van der Waals surface area (Å²) in [6.07, 6.45) is 3.75. The molecule has 4 unspecified atom stereocenters. The molecule has 3 aliphatic rings. The molecule has 8 heteroatoms. The lowest BCUT2D eigenvalue weighted by molar-refractivity contribution is -0.143. The smallest absolute Gasteiger partial charge is 0.303 e. The summed E-state index contributed by atoms with van der Waals surface area (Å²) in [4.78, 5) is 36.3. The van der Waals surface area contributed by atoms with Gasteiger partial charge in [-0.1, -0.05) is 12.2 Å². The van der Waals surface area contributed by atoms with Gasteiger partial charge in [0.2, 0.25) is 11.8 Å². The molecule has 0 aliphatic carbocycles. The van der Waals surface area contributed by atoms with Gasteiger partial charge in [0.25, 0.3) is 0 Å². The summed E-state index contributed by atoms with van der Waals surface area (Å²) < 4.78 is 16.2. The van der Waals surface area contributed by atoms with E-state index >= 15 is 0 Å². The van der Waals surface area contributed by atoms with Crippen LogP contribution in [-0.2, 0) is 28.6 Å². The molecular formula is C16H21NO7. The molecule has 2 saturated heterocycles. The number of carboxylic acids is 1. The van der Waals surface area contributed by atoms with E-state index < -0.39 is 5.97 Å². The summed E-state index contributed by atoms with van der Waals surface area (Å²) in [7, 11) is 0. The van der Waals surface area contributed by atoms with Crippen LogP contribution in [-0.4, -0.2) is 73.0 Å². The molecule has 2 bridgehead atoms. The van der Waals surface area contributed by atoms with Crippen LogP contribution in [0.1, 0.15) is 12.8 Å². The van der Waals surface area contributed by atoms with Crippen LogP contribution in [0.4, 0.5) is 0 Å². The monoisotopic (exact) mass is 339 g/mol.